The monoisotopic (exact) mass is 434 g/mol. The van der Waals surface area contributed by atoms with Crippen LogP contribution in [0.15, 0.2) is 42.5 Å². The molecule has 32 heavy (non-hydrogen) atoms. The van der Waals surface area contributed by atoms with E-state index in [0.29, 0.717) is 0 Å². The number of carbonyl (C=O) groups is 2. The molecule has 1 unspecified atom stereocenters. The second-order valence-corrected chi connectivity index (χ2v) is 8.89. The number of nitrogens with zero attached hydrogens (tertiary/aromatic N) is 3. The molecule has 2 aromatic rings. The predicted molar refractivity (Wildman–Crippen MR) is 124 cm³/mol. The van der Waals surface area contributed by atoms with Gasteiger partial charge in [-0.3, -0.25) is 14.5 Å². The van der Waals surface area contributed by atoms with Crippen LogP contribution in [0.2, 0.25) is 0 Å². The highest BCUT2D eigenvalue weighted by Gasteiger charge is 2.24. The Labute approximate surface area is 188 Å². The minimum absolute atomic E-state index is 0.101. The largest absolute Gasteiger partial charge is 0.479 e. The molecule has 2 saturated heterocycles. The Balaban J connectivity index is 1.16. The van der Waals surface area contributed by atoms with Crippen molar-refractivity contribution in [1.82, 2.24) is 9.80 Å². The maximum Gasteiger partial charge on any atom is 0.265 e. The minimum Gasteiger partial charge on any atom is -0.479 e. The van der Waals surface area contributed by atoms with Crippen molar-refractivity contribution in [3.8, 4) is 5.75 Å². The number of carbonyl (C=O) groups excluding carboxylic acids is 2. The highest BCUT2D eigenvalue weighted by atomic mass is 16.5. The number of anilines is 2. The van der Waals surface area contributed by atoms with E-state index in [4.69, 9.17) is 4.74 Å². The smallest absolute Gasteiger partial charge is 0.265 e. The second-order valence-electron chi connectivity index (χ2n) is 8.89. The summed E-state index contributed by atoms with van der Waals surface area (Å²) in [5, 5.41) is 2.93. The molecule has 5 rings (SSSR count). The molecule has 2 fully saturated rings. The summed E-state index contributed by atoms with van der Waals surface area (Å²) >= 11 is 0. The van der Waals surface area contributed by atoms with Crippen molar-refractivity contribution >= 4 is 23.2 Å². The Morgan fingerprint density at radius 3 is 2.44 bits per heavy atom. The lowest BCUT2D eigenvalue weighted by molar-refractivity contribution is -0.122. The van der Waals surface area contributed by atoms with Gasteiger partial charge in [0.05, 0.1) is 5.69 Å². The van der Waals surface area contributed by atoms with Crippen LogP contribution in [0, 0.1) is 0 Å². The summed E-state index contributed by atoms with van der Waals surface area (Å²) in [7, 11) is 0. The maximum atomic E-state index is 12.5. The molecule has 0 bridgehead atoms. The van der Waals surface area contributed by atoms with E-state index in [-0.39, 0.29) is 11.8 Å². The lowest BCUT2D eigenvalue weighted by Crippen LogP contribution is -2.46. The van der Waals surface area contributed by atoms with E-state index in [1.807, 2.05) is 29.2 Å². The number of piperazine rings is 1. The fraction of sp³-hybridized carbons (Fsp3) is 0.440. The lowest BCUT2D eigenvalue weighted by atomic mass is 10.1. The fourth-order valence-electron chi connectivity index (χ4n) is 4.69. The van der Waals surface area contributed by atoms with Crippen molar-refractivity contribution in [2.45, 2.75) is 32.4 Å². The summed E-state index contributed by atoms with van der Waals surface area (Å²) in [5.41, 5.74) is 3.88. The summed E-state index contributed by atoms with van der Waals surface area (Å²) in [6, 6.07) is 14.1. The van der Waals surface area contributed by atoms with Crippen LogP contribution in [-0.4, -0.2) is 67.0 Å². The molecule has 3 aliphatic heterocycles. The Morgan fingerprint density at radius 2 is 1.72 bits per heavy atom. The number of nitrogens with one attached hydrogen (secondary N) is 1. The molecule has 7 nitrogen and oxygen atoms in total. The molecule has 7 heteroatoms. The number of fused-ring (bicyclic) bond motifs is 1. The summed E-state index contributed by atoms with van der Waals surface area (Å²) in [5.74, 6) is 0.786. The average Bonchev–Trinajstić information content (AvgIpc) is 3.35. The van der Waals surface area contributed by atoms with E-state index >= 15 is 0 Å². The van der Waals surface area contributed by atoms with Gasteiger partial charge in [0.25, 0.3) is 11.8 Å². The molecule has 2 aromatic carbocycles. The molecule has 1 atom stereocenters. The van der Waals surface area contributed by atoms with Gasteiger partial charge in [0.2, 0.25) is 0 Å². The van der Waals surface area contributed by atoms with Gasteiger partial charge >= 0.3 is 0 Å². The number of amides is 2. The third kappa shape index (κ3) is 4.30. The third-order valence-electron chi connectivity index (χ3n) is 6.63. The Bertz CT molecular complexity index is 993. The van der Waals surface area contributed by atoms with E-state index in [1.165, 1.54) is 11.3 Å². The molecule has 2 amide bonds. The van der Waals surface area contributed by atoms with Crippen molar-refractivity contribution in [2.24, 2.45) is 0 Å². The lowest BCUT2D eigenvalue weighted by Gasteiger charge is -2.36. The van der Waals surface area contributed by atoms with Crippen LogP contribution in [0.25, 0.3) is 0 Å². The standard InChI is InChI=1S/C25H30N4O3/c1-18-24(30)26-22-16-19(4-9-23(22)32-18)17-27-12-14-28(15-13-27)21-7-5-20(6-8-21)25(31)29-10-2-3-11-29/h4-9,16,18H,2-3,10-15,17H2,1H3,(H,26,30). The molecule has 0 aromatic heterocycles. The van der Waals surface area contributed by atoms with Gasteiger partial charge in [-0.2, -0.15) is 0 Å². The van der Waals surface area contributed by atoms with Crippen LogP contribution >= 0.6 is 0 Å². The van der Waals surface area contributed by atoms with Gasteiger partial charge in [0.1, 0.15) is 5.75 Å². The van der Waals surface area contributed by atoms with E-state index in [2.05, 4.69) is 33.3 Å². The summed E-state index contributed by atoms with van der Waals surface area (Å²) in [6.45, 7) is 8.18. The maximum absolute atomic E-state index is 12.5. The number of benzene rings is 2. The van der Waals surface area contributed by atoms with E-state index in [9.17, 15) is 9.59 Å². The predicted octanol–water partition coefficient (Wildman–Crippen LogP) is 2.96. The molecular weight excluding hydrogens is 404 g/mol. The van der Waals surface area contributed by atoms with E-state index < -0.39 is 6.10 Å². The molecule has 3 heterocycles. The molecule has 1 N–H and O–H groups in total. The fourth-order valence-corrected chi connectivity index (χ4v) is 4.69. The summed E-state index contributed by atoms with van der Waals surface area (Å²) < 4.78 is 5.65. The van der Waals surface area contributed by atoms with Crippen LogP contribution < -0.4 is 15.0 Å². The van der Waals surface area contributed by atoms with Crippen LogP contribution in [0.1, 0.15) is 35.7 Å². The molecule has 0 radical (unpaired) electrons. The zero-order chi connectivity index (χ0) is 22.1. The van der Waals surface area contributed by atoms with E-state index in [1.54, 1.807) is 6.92 Å². The molecular formula is C25H30N4O3. The number of ether oxygens (including phenoxy) is 1. The van der Waals surface area contributed by atoms with Crippen LogP contribution in [0.4, 0.5) is 11.4 Å². The van der Waals surface area contributed by atoms with Crippen LogP contribution in [0.3, 0.4) is 0 Å². The van der Waals surface area contributed by atoms with Crippen molar-refractivity contribution in [1.29, 1.82) is 0 Å². The quantitative estimate of drug-likeness (QED) is 0.802. The molecule has 0 spiro atoms. The number of hydrogen-bond donors (Lipinski definition) is 1. The first kappa shape index (κ1) is 20.8. The SMILES string of the molecule is CC1Oc2ccc(CN3CCN(c4ccc(C(=O)N5CCCC5)cc4)CC3)cc2NC1=O. The van der Waals surface area contributed by atoms with Gasteiger partial charge < -0.3 is 19.9 Å². The topological polar surface area (TPSA) is 65.1 Å². The summed E-state index contributed by atoms with van der Waals surface area (Å²) in [6.07, 6.45) is 1.77. The van der Waals surface area contributed by atoms with Gasteiger partial charge in [0, 0.05) is 57.1 Å². The molecule has 3 aliphatic rings. The second kappa shape index (κ2) is 8.82. The highest BCUT2D eigenvalue weighted by Crippen LogP contribution is 2.31. The molecule has 0 saturated carbocycles. The normalized spacial score (nSPS) is 21.2. The van der Waals surface area contributed by atoms with Gasteiger partial charge in [-0.05, 0) is 61.7 Å². The minimum atomic E-state index is -0.450. The number of likely N-dealkylation sites (tertiary alicyclic amines) is 1. The highest BCUT2D eigenvalue weighted by molar-refractivity contribution is 5.97. The zero-order valence-corrected chi connectivity index (χ0v) is 18.5. The summed E-state index contributed by atoms with van der Waals surface area (Å²) in [4.78, 5) is 31.2. The first-order chi connectivity index (χ1) is 15.6. The number of hydrogen-bond acceptors (Lipinski definition) is 5. The van der Waals surface area contributed by atoms with Gasteiger partial charge in [-0.25, -0.2) is 0 Å². The van der Waals surface area contributed by atoms with Crippen molar-refractivity contribution in [3.63, 3.8) is 0 Å². The van der Waals surface area contributed by atoms with Gasteiger partial charge in [-0.15, -0.1) is 0 Å². The first-order valence-corrected chi connectivity index (χ1v) is 11.5. The van der Waals surface area contributed by atoms with Gasteiger partial charge in [0.15, 0.2) is 6.10 Å². The van der Waals surface area contributed by atoms with Crippen LogP contribution in [-0.2, 0) is 11.3 Å². The molecule has 0 aliphatic carbocycles. The van der Waals surface area contributed by atoms with Gasteiger partial charge in [-0.1, -0.05) is 6.07 Å². The average molecular weight is 435 g/mol. The zero-order valence-electron chi connectivity index (χ0n) is 18.5. The molecule has 168 valence electrons. The Morgan fingerprint density at radius 1 is 1.00 bits per heavy atom. The van der Waals surface area contributed by atoms with Crippen molar-refractivity contribution in [2.75, 3.05) is 49.5 Å². The first-order valence-electron chi connectivity index (χ1n) is 11.5. The van der Waals surface area contributed by atoms with E-state index in [0.717, 1.165) is 75.7 Å². The number of rotatable bonds is 4. The Hall–Kier alpha value is -3.06. The van der Waals surface area contributed by atoms with Crippen molar-refractivity contribution in [3.05, 3.63) is 53.6 Å². The third-order valence-corrected chi connectivity index (χ3v) is 6.63. The Kier molecular flexibility index (Phi) is 5.74. The van der Waals surface area contributed by atoms with Crippen molar-refractivity contribution < 1.29 is 14.3 Å². The van der Waals surface area contributed by atoms with Crippen LogP contribution in [0.5, 0.6) is 5.75 Å².